The van der Waals surface area contributed by atoms with Crippen LogP contribution < -0.4 is 5.32 Å². The van der Waals surface area contributed by atoms with E-state index >= 15 is 0 Å². The average molecular weight is 289 g/mol. The van der Waals surface area contributed by atoms with Crippen LogP contribution in [0.1, 0.15) is 28.5 Å². The molecule has 1 aliphatic rings. The van der Waals surface area contributed by atoms with E-state index < -0.39 is 0 Å². The molecule has 1 aromatic carbocycles. The van der Waals surface area contributed by atoms with Crippen molar-refractivity contribution in [1.29, 1.82) is 5.26 Å². The number of nitrogens with one attached hydrogen (secondary N) is 1. The summed E-state index contributed by atoms with van der Waals surface area (Å²) in [6.07, 6.45) is 2.70. The van der Waals surface area contributed by atoms with Crippen LogP contribution in [0.15, 0.2) is 30.3 Å². The highest BCUT2D eigenvalue weighted by atomic mass is 35.5. The fourth-order valence-electron chi connectivity index (χ4n) is 2.49. The molecule has 0 bridgehead atoms. The number of fused-ring (bicyclic) bond motifs is 1. The van der Waals surface area contributed by atoms with Crippen molar-refractivity contribution in [3.63, 3.8) is 0 Å². The molecule has 0 saturated carbocycles. The van der Waals surface area contributed by atoms with Crippen molar-refractivity contribution in [3.8, 4) is 6.07 Å². The van der Waals surface area contributed by atoms with Gasteiger partial charge in [-0.3, -0.25) is 0 Å². The summed E-state index contributed by atoms with van der Waals surface area (Å²) in [7, 11) is 0. The summed E-state index contributed by atoms with van der Waals surface area (Å²) < 4.78 is 0.876. The van der Waals surface area contributed by atoms with Crippen LogP contribution in [-0.2, 0) is 12.8 Å². The minimum Gasteiger partial charge on any atom is -0.378 e. The summed E-state index contributed by atoms with van der Waals surface area (Å²) in [5, 5.41) is 12.2. The zero-order valence-corrected chi connectivity index (χ0v) is 11.9. The van der Waals surface area contributed by atoms with Crippen molar-refractivity contribution in [1.82, 2.24) is 0 Å². The van der Waals surface area contributed by atoms with E-state index in [1.165, 1.54) is 10.4 Å². The van der Waals surface area contributed by atoms with Crippen LogP contribution in [-0.4, -0.2) is 0 Å². The van der Waals surface area contributed by atoms with Gasteiger partial charge in [0.2, 0.25) is 0 Å². The molecule has 0 spiro atoms. The Bertz CT molecular complexity index is 625. The molecule has 0 amide bonds. The van der Waals surface area contributed by atoms with E-state index in [4.69, 9.17) is 16.9 Å². The maximum Gasteiger partial charge on any atom is 0.0934 e. The molecule has 0 saturated heterocycles. The van der Waals surface area contributed by atoms with Gasteiger partial charge < -0.3 is 5.32 Å². The first-order chi connectivity index (χ1) is 9.26. The minimum atomic E-state index is 0.362. The van der Waals surface area contributed by atoms with Crippen molar-refractivity contribution in [2.45, 2.75) is 25.3 Å². The summed E-state index contributed by atoms with van der Waals surface area (Å²) in [5.41, 5.74) is 3.50. The summed E-state index contributed by atoms with van der Waals surface area (Å²) in [4.78, 5) is 1.41. The predicted octanol–water partition coefficient (Wildman–Crippen LogP) is 4.57. The highest BCUT2D eigenvalue weighted by Crippen LogP contribution is 2.40. The van der Waals surface area contributed by atoms with E-state index in [0.717, 1.165) is 28.4 Å². The second-order valence-corrected chi connectivity index (χ2v) is 6.46. The number of anilines is 1. The Morgan fingerprint density at radius 1 is 1.37 bits per heavy atom. The molecule has 4 heteroatoms. The van der Waals surface area contributed by atoms with Crippen LogP contribution >= 0.6 is 22.9 Å². The largest absolute Gasteiger partial charge is 0.378 e. The number of aryl methyl sites for hydroxylation is 1. The third kappa shape index (κ3) is 2.60. The van der Waals surface area contributed by atoms with E-state index in [0.29, 0.717) is 12.5 Å². The molecule has 0 fully saturated rings. The van der Waals surface area contributed by atoms with E-state index in [-0.39, 0.29) is 0 Å². The van der Waals surface area contributed by atoms with Gasteiger partial charge in [-0.2, -0.15) is 5.26 Å². The van der Waals surface area contributed by atoms with E-state index in [9.17, 15) is 0 Å². The Kier molecular flexibility index (Phi) is 3.46. The Morgan fingerprint density at radius 2 is 2.16 bits per heavy atom. The lowest BCUT2D eigenvalue weighted by Gasteiger charge is -2.14. The lowest BCUT2D eigenvalue weighted by Crippen LogP contribution is -2.06. The van der Waals surface area contributed by atoms with Crippen LogP contribution in [0.25, 0.3) is 0 Å². The van der Waals surface area contributed by atoms with Gasteiger partial charge in [0.1, 0.15) is 0 Å². The third-order valence-corrected chi connectivity index (χ3v) is 4.76. The summed E-state index contributed by atoms with van der Waals surface area (Å²) in [6.45, 7) is 0. The van der Waals surface area contributed by atoms with Crippen molar-refractivity contribution in [2.75, 3.05) is 5.32 Å². The zero-order chi connectivity index (χ0) is 13.2. The van der Waals surface area contributed by atoms with Gasteiger partial charge in [0.25, 0.3) is 0 Å². The zero-order valence-electron chi connectivity index (χ0n) is 10.3. The van der Waals surface area contributed by atoms with Gasteiger partial charge in [0.05, 0.1) is 22.9 Å². The van der Waals surface area contributed by atoms with Gasteiger partial charge in [0.15, 0.2) is 0 Å². The van der Waals surface area contributed by atoms with Crippen LogP contribution in [0.4, 0.5) is 5.69 Å². The molecular formula is C15H13ClN2S. The molecule has 96 valence electrons. The third-order valence-electron chi connectivity index (χ3n) is 3.43. The summed E-state index contributed by atoms with van der Waals surface area (Å²) >= 11 is 7.75. The van der Waals surface area contributed by atoms with Gasteiger partial charge in [-0.15, -0.1) is 11.3 Å². The molecule has 19 heavy (non-hydrogen) atoms. The Balaban J connectivity index is 1.74. The van der Waals surface area contributed by atoms with Gasteiger partial charge in [-0.05, 0) is 42.2 Å². The number of hydrogen-bond acceptors (Lipinski definition) is 3. The van der Waals surface area contributed by atoms with Gasteiger partial charge >= 0.3 is 0 Å². The van der Waals surface area contributed by atoms with Crippen molar-refractivity contribution in [2.24, 2.45) is 0 Å². The van der Waals surface area contributed by atoms with Crippen LogP contribution in [0.2, 0.25) is 4.34 Å². The van der Waals surface area contributed by atoms with Crippen molar-refractivity contribution < 1.29 is 0 Å². The first-order valence-corrected chi connectivity index (χ1v) is 7.46. The molecule has 1 aromatic heterocycles. The van der Waals surface area contributed by atoms with Crippen LogP contribution in [0.3, 0.4) is 0 Å². The van der Waals surface area contributed by atoms with Gasteiger partial charge in [-0.1, -0.05) is 23.7 Å². The lowest BCUT2D eigenvalue weighted by atomic mass is 10.1. The number of nitriles is 1. The number of rotatable bonds is 3. The Labute approximate surface area is 121 Å². The standard InChI is InChI=1S/C15H13ClN2S/c16-15-9-12-13(5-6-14(12)19-15)18-11-3-1-10(2-4-11)7-8-17/h1-4,9,13,18H,5-7H2. The molecule has 1 atom stereocenters. The minimum absolute atomic E-state index is 0.362. The fraction of sp³-hybridized carbons (Fsp3) is 0.267. The molecule has 2 nitrogen and oxygen atoms in total. The Morgan fingerprint density at radius 3 is 2.89 bits per heavy atom. The Hall–Kier alpha value is -1.50. The summed E-state index contributed by atoms with van der Waals surface area (Å²) in [6, 6.07) is 12.7. The number of benzene rings is 1. The SMILES string of the molecule is N#CCc1ccc(NC2CCc3sc(Cl)cc32)cc1. The maximum atomic E-state index is 8.65. The van der Waals surface area contributed by atoms with E-state index in [2.05, 4.69) is 17.5 Å². The van der Waals surface area contributed by atoms with E-state index in [1.54, 1.807) is 11.3 Å². The first kappa shape index (κ1) is 12.5. The average Bonchev–Trinajstić information content (AvgIpc) is 2.93. The second kappa shape index (κ2) is 5.24. The predicted molar refractivity (Wildman–Crippen MR) is 79.8 cm³/mol. The lowest BCUT2D eigenvalue weighted by molar-refractivity contribution is 0.762. The molecular weight excluding hydrogens is 276 g/mol. The molecule has 0 aliphatic heterocycles. The highest BCUT2D eigenvalue weighted by Gasteiger charge is 2.24. The molecule has 1 aliphatic carbocycles. The van der Waals surface area contributed by atoms with E-state index in [1.807, 2.05) is 24.3 Å². The van der Waals surface area contributed by atoms with Gasteiger partial charge in [-0.25, -0.2) is 0 Å². The van der Waals surface area contributed by atoms with Crippen molar-refractivity contribution >= 4 is 28.6 Å². The topological polar surface area (TPSA) is 35.8 Å². The summed E-state index contributed by atoms with van der Waals surface area (Å²) in [5.74, 6) is 0. The number of nitrogens with zero attached hydrogens (tertiary/aromatic N) is 1. The monoisotopic (exact) mass is 288 g/mol. The molecule has 1 heterocycles. The smallest absolute Gasteiger partial charge is 0.0934 e. The normalized spacial score (nSPS) is 16.9. The van der Waals surface area contributed by atoms with Crippen LogP contribution in [0, 0.1) is 11.3 Å². The quantitative estimate of drug-likeness (QED) is 0.898. The second-order valence-electron chi connectivity index (χ2n) is 4.70. The molecule has 1 N–H and O–H groups in total. The van der Waals surface area contributed by atoms with Crippen molar-refractivity contribution in [3.05, 3.63) is 50.7 Å². The molecule has 0 radical (unpaired) electrons. The van der Waals surface area contributed by atoms with Crippen LogP contribution in [0.5, 0.6) is 0 Å². The molecule has 2 aromatic rings. The molecule has 3 rings (SSSR count). The molecule has 1 unspecified atom stereocenters. The van der Waals surface area contributed by atoms with Gasteiger partial charge in [0, 0.05) is 10.6 Å². The highest BCUT2D eigenvalue weighted by molar-refractivity contribution is 7.16. The number of halogens is 1. The number of thiophene rings is 1. The fourth-order valence-corrected chi connectivity index (χ4v) is 3.85. The maximum absolute atomic E-state index is 8.65. The number of hydrogen-bond donors (Lipinski definition) is 1. The first-order valence-electron chi connectivity index (χ1n) is 6.27.